The molecule has 0 aromatic heterocycles. The lowest BCUT2D eigenvalue weighted by Gasteiger charge is -2.26. The number of nitrogens with one attached hydrogen (secondary N) is 1. The van der Waals surface area contributed by atoms with Crippen molar-refractivity contribution in [3.05, 3.63) is 53.1 Å². The van der Waals surface area contributed by atoms with E-state index in [0.717, 1.165) is 5.56 Å². The first-order valence-electron chi connectivity index (χ1n) is 9.24. The van der Waals surface area contributed by atoms with Crippen LogP contribution in [0.2, 0.25) is 5.02 Å². The zero-order valence-corrected chi connectivity index (χ0v) is 18.8. The highest BCUT2D eigenvalue weighted by Crippen LogP contribution is 2.26. The first-order valence-corrected chi connectivity index (χ1v) is 12.5. The molecule has 2 aromatic carbocycles. The summed E-state index contributed by atoms with van der Waals surface area (Å²) in [6, 6.07) is 10.8. The van der Waals surface area contributed by atoms with Gasteiger partial charge < -0.3 is 9.47 Å². The Hall–Kier alpha value is -1.69. The minimum Gasteiger partial charge on any atom is -0.495 e. The summed E-state index contributed by atoms with van der Waals surface area (Å²) >= 11 is 5.91. The van der Waals surface area contributed by atoms with Crippen LogP contribution in [0.1, 0.15) is 5.56 Å². The average molecular weight is 475 g/mol. The van der Waals surface area contributed by atoms with E-state index in [-0.39, 0.29) is 27.1 Å². The van der Waals surface area contributed by atoms with E-state index in [9.17, 15) is 16.8 Å². The molecular weight excluding hydrogens is 452 g/mol. The van der Waals surface area contributed by atoms with E-state index < -0.39 is 20.0 Å². The summed E-state index contributed by atoms with van der Waals surface area (Å²) in [5.41, 5.74) is 0.802. The fourth-order valence-electron chi connectivity index (χ4n) is 3.03. The van der Waals surface area contributed by atoms with Crippen LogP contribution in [0.15, 0.2) is 52.3 Å². The maximum Gasteiger partial charge on any atom is 0.244 e. The zero-order chi connectivity index (χ0) is 21.8. The monoisotopic (exact) mass is 474 g/mol. The maximum absolute atomic E-state index is 12.6. The molecule has 3 rings (SSSR count). The van der Waals surface area contributed by atoms with Crippen molar-refractivity contribution in [3.63, 3.8) is 0 Å². The van der Waals surface area contributed by atoms with Crippen LogP contribution in [0.5, 0.6) is 5.75 Å². The van der Waals surface area contributed by atoms with Gasteiger partial charge in [0.15, 0.2) is 0 Å². The van der Waals surface area contributed by atoms with Crippen LogP contribution in [-0.2, 0) is 31.2 Å². The molecule has 1 heterocycles. The molecule has 1 aliphatic rings. The topological polar surface area (TPSA) is 102 Å². The van der Waals surface area contributed by atoms with E-state index in [1.54, 1.807) is 18.2 Å². The largest absolute Gasteiger partial charge is 0.495 e. The zero-order valence-electron chi connectivity index (χ0n) is 16.4. The molecule has 0 unspecified atom stereocenters. The quantitative estimate of drug-likeness (QED) is 0.626. The Kier molecular flexibility index (Phi) is 7.38. The van der Waals surface area contributed by atoms with Gasteiger partial charge in [-0.05, 0) is 42.3 Å². The van der Waals surface area contributed by atoms with Crippen LogP contribution in [-0.4, -0.2) is 61.1 Å². The van der Waals surface area contributed by atoms with Crippen molar-refractivity contribution >= 4 is 31.6 Å². The molecule has 0 saturated carbocycles. The van der Waals surface area contributed by atoms with Gasteiger partial charge >= 0.3 is 0 Å². The number of halogens is 1. The number of rotatable bonds is 8. The second-order valence-electron chi connectivity index (χ2n) is 6.60. The van der Waals surface area contributed by atoms with Crippen LogP contribution in [0.3, 0.4) is 0 Å². The number of nitrogens with zero attached hydrogens (tertiary/aromatic N) is 1. The van der Waals surface area contributed by atoms with E-state index in [1.165, 1.54) is 35.7 Å². The van der Waals surface area contributed by atoms with Crippen LogP contribution in [0.4, 0.5) is 0 Å². The van der Waals surface area contributed by atoms with E-state index in [4.69, 9.17) is 21.1 Å². The molecule has 0 radical (unpaired) electrons. The lowest BCUT2D eigenvalue weighted by atomic mass is 10.2. The van der Waals surface area contributed by atoms with Crippen molar-refractivity contribution in [2.24, 2.45) is 0 Å². The van der Waals surface area contributed by atoms with Crippen molar-refractivity contribution in [2.45, 2.75) is 16.2 Å². The molecule has 164 valence electrons. The van der Waals surface area contributed by atoms with E-state index >= 15 is 0 Å². The standard InChI is InChI=1S/C19H23ClN2O6S2/c1-27-18-7-4-16(20)14-19(18)29(23,24)21-9-8-15-2-5-17(6-3-15)30(25,26)22-10-12-28-13-11-22/h2-7,14,21H,8-13H2,1H3. The number of benzene rings is 2. The predicted octanol–water partition coefficient (Wildman–Crippen LogP) is 1.89. The summed E-state index contributed by atoms with van der Waals surface area (Å²) in [7, 11) is -5.99. The van der Waals surface area contributed by atoms with E-state index in [2.05, 4.69) is 4.72 Å². The third-order valence-electron chi connectivity index (χ3n) is 4.65. The summed E-state index contributed by atoms with van der Waals surface area (Å²) < 4.78 is 64.6. The highest BCUT2D eigenvalue weighted by Gasteiger charge is 2.26. The summed E-state index contributed by atoms with van der Waals surface area (Å²) in [5, 5.41) is 0.285. The number of morpholine rings is 1. The second kappa shape index (κ2) is 9.63. The molecule has 8 nitrogen and oxygen atoms in total. The molecule has 0 atom stereocenters. The molecule has 11 heteroatoms. The van der Waals surface area contributed by atoms with Gasteiger partial charge in [-0.25, -0.2) is 21.6 Å². The minimum absolute atomic E-state index is 0.0375. The van der Waals surface area contributed by atoms with Gasteiger partial charge in [-0.1, -0.05) is 23.7 Å². The van der Waals surface area contributed by atoms with Crippen LogP contribution in [0, 0.1) is 0 Å². The number of hydrogen-bond donors (Lipinski definition) is 1. The number of hydrogen-bond acceptors (Lipinski definition) is 6. The molecule has 0 aliphatic carbocycles. The fourth-order valence-corrected chi connectivity index (χ4v) is 5.90. The van der Waals surface area contributed by atoms with Gasteiger partial charge in [-0.2, -0.15) is 4.31 Å². The first kappa shape index (κ1) is 23.0. The number of sulfonamides is 2. The predicted molar refractivity (Wildman–Crippen MR) is 113 cm³/mol. The highest BCUT2D eigenvalue weighted by molar-refractivity contribution is 7.89. The van der Waals surface area contributed by atoms with Gasteiger partial charge in [0.1, 0.15) is 10.6 Å². The second-order valence-corrected chi connectivity index (χ2v) is 10.7. The summed E-state index contributed by atoms with van der Waals surface area (Å²) in [4.78, 5) is 0.168. The molecule has 0 spiro atoms. The Labute approximate surface area is 181 Å². The van der Waals surface area contributed by atoms with E-state index in [0.29, 0.717) is 32.7 Å². The van der Waals surface area contributed by atoms with Crippen molar-refractivity contribution in [2.75, 3.05) is 40.0 Å². The smallest absolute Gasteiger partial charge is 0.244 e. The molecule has 1 aliphatic heterocycles. The maximum atomic E-state index is 12.6. The molecule has 1 saturated heterocycles. The summed E-state index contributed by atoms with van der Waals surface area (Å²) in [5.74, 6) is 0.199. The van der Waals surface area contributed by atoms with E-state index in [1.807, 2.05) is 0 Å². The van der Waals surface area contributed by atoms with Gasteiger partial charge in [0.25, 0.3) is 0 Å². The van der Waals surface area contributed by atoms with Gasteiger partial charge in [-0.15, -0.1) is 0 Å². The fraction of sp³-hybridized carbons (Fsp3) is 0.368. The van der Waals surface area contributed by atoms with Gasteiger partial charge in [0.05, 0.1) is 25.2 Å². The van der Waals surface area contributed by atoms with Crippen LogP contribution in [0.25, 0.3) is 0 Å². The molecule has 1 N–H and O–H groups in total. The van der Waals surface area contributed by atoms with Crippen molar-refractivity contribution in [1.82, 2.24) is 9.03 Å². The molecule has 1 fully saturated rings. The Morgan fingerprint density at radius 2 is 1.73 bits per heavy atom. The van der Waals surface area contributed by atoms with Crippen LogP contribution < -0.4 is 9.46 Å². The molecule has 0 bridgehead atoms. The molecular formula is C19H23ClN2O6S2. The van der Waals surface area contributed by atoms with Crippen molar-refractivity contribution in [1.29, 1.82) is 0 Å². The highest BCUT2D eigenvalue weighted by atomic mass is 35.5. The van der Waals surface area contributed by atoms with Crippen molar-refractivity contribution in [3.8, 4) is 5.75 Å². The van der Waals surface area contributed by atoms with Gasteiger partial charge in [0.2, 0.25) is 20.0 Å². The normalized spacial score (nSPS) is 15.8. The molecule has 0 amide bonds. The third-order valence-corrected chi connectivity index (χ3v) is 8.28. The number of ether oxygens (including phenoxy) is 2. The average Bonchev–Trinajstić information content (AvgIpc) is 2.74. The lowest BCUT2D eigenvalue weighted by molar-refractivity contribution is 0.0730. The summed E-state index contributed by atoms with van der Waals surface area (Å²) in [6.07, 6.45) is 0.389. The lowest BCUT2D eigenvalue weighted by Crippen LogP contribution is -2.40. The van der Waals surface area contributed by atoms with Crippen molar-refractivity contribution < 1.29 is 26.3 Å². The Morgan fingerprint density at radius 1 is 1.07 bits per heavy atom. The Morgan fingerprint density at radius 3 is 2.37 bits per heavy atom. The SMILES string of the molecule is COc1ccc(Cl)cc1S(=O)(=O)NCCc1ccc(S(=O)(=O)N2CCOCC2)cc1. The molecule has 30 heavy (non-hydrogen) atoms. The first-order chi connectivity index (χ1) is 14.2. The molecule has 2 aromatic rings. The summed E-state index contributed by atoms with van der Waals surface area (Å²) in [6.45, 7) is 1.56. The van der Waals surface area contributed by atoms with Gasteiger partial charge in [0, 0.05) is 24.7 Å². The number of methoxy groups -OCH3 is 1. The Bertz CT molecular complexity index is 1080. The van der Waals surface area contributed by atoms with Gasteiger partial charge in [-0.3, -0.25) is 0 Å². The third kappa shape index (κ3) is 5.32. The Balaban J connectivity index is 1.63. The van der Waals surface area contributed by atoms with Crippen LogP contribution >= 0.6 is 11.6 Å². The minimum atomic E-state index is -3.82.